The summed E-state index contributed by atoms with van der Waals surface area (Å²) in [6, 6.07) is 7.39. The van der Waals surface area contributed by atoms with Gasteiger partial charge in [-0.3, -0.25) is 4.79 Å². The zero-order valence-electron chi connectivity index (χ0n) is 11.4. The molecular formula is C14H17N3O3. The molecule has 2 rings (SSSR count). The van der Waals surface area contributed by atoms with Crippen LogP contribution in [0.5, 0.6) is 11.5 Å². The second-order valence-corrected chi connectivity index (χ2v) is 4.25. The quantitative estimate of drug-likeness (QED) is 0.840. The highest BCUT2D eigenvalue weighted by atomic mass is 16.5. The van der Waals surface area contributed by atoms with Crippen LogP contribution >= 0.6 is 0 Å². The van der Waals surface area contributed by atoms with Gasteiger partial charge in [0.15, 0.2) is 11.5 Å². The average molecular weight is 275 g/mol. The van der Waals surface area contributed by atoms with Gasteiger partial charge < -0.3 is 19.8 Å². The number of benzene rings is 1. The molecule has 6 nitrogen and oxygen atoms in total. The minimum Gasteiger partial charge on any atom is -0.493 e. The molecule has 0 radical (unpaired) electrons. The number of hydrogen-bond donors (Lipinski definition) is 2. The van der Waals surface area contributed by atoms with Crippen LogP contribution in [0.15, 0.2) is 36.8 Å². The fourth-order valence-corrected chi connectivity index (χ4v) is 1.69. The standard InChI is InChI=1S/C14H17N3O3/c1-10(7-16-14(18)11-8-15-9-17-11)20-13-6-4-3-5-12(13)19-2/h3-6,8-10H,7H2,1-2H3,(H,15,17)(H,16,18)/t10-/m1/s1. The third-order valence-corrected chi connectivity index (χ3v) is 2.69. The van der Waals surface area contributed by atoms with Gasteiger partial charge in [-0.1, -0.05) is 12.1 Å². The summed E-state index contributed by atoms with van der Waals surface area (Å²) in [5, 5.41) is 2.77. The lowest BCUT2D eigenvalue weighted by atomic mass is 10.3. The van der Waals surface area contributed by atoms with Crippen molar-refractivity contribution < 1.29 is 14.3 Å². The summed E-state index contributed by atoms with van der Waals surface area (Å²) in [5.74, 6) is 1.11. The molecule has 0 saturated carbocycles. The highest BCUT2D eigenvalue weighted by Crippen LogP contribution is 2.26. The first kappa shape index (κ1) is 13.9. The second kappa shape index (κ2) is 6.60. The van der Waals surface area contributed by atoms with Gasteiger partial charge in [-0.15, -0.1) is 0 Å². The number of hydrogen-bond acceptors (Lipinski definition) is 4. The largest absolute Gasteiger partial charge is 0.493 e. The maximum Gasteiger partial charge on any atom is 0.269 e. The second-order valence-electron chi connectivity index (χ2n) is 4.25. The Kier molecular flexibility index (Phi) is 4.60. The number of H-pyrrole nitrogens is 1. The number of aromatic amines is 1. The van der Waals surface area contributed by atoms with Gasteiger partial charge in [-0.25, -0.2) is 4.98 Å². The van der Waals surface area contributed by atoms with Crippen molar-refractivity contribution in [3.8, 4) is 11.5 Å². The van der Waals surface area contributed by atoms with Crippen LogP contribution in [-0.4, -0.2) is 35.6 Å². The Bertz CT molecular complexity index is 555. The Morgan fingerprint density at radius 3 is 2.80 bits per heavy atom. The Labute approximate surface area is 117 Å². The van der Waals surface area contributed by atoms with Crippen LogP contribution in [0.3, 0.4) is 0 Å². The fourth-order valence-electron chi connectivity index (χ4n) is 1.69. The van der Waals surface area contributed by atoms with Crippen LogP contribution < -0.4 is 14.8 Å². The Morgan fingerprint density at radius 1 is 1.40 bits per heavy atom. The third kappa shape index (κ3) is 3.50. The molecule has 2 aromatic rings. The first-order valence-corrected chi connectivity index (χ1v) is 6.27. The molecular weight excluding hydrogens is 258 g/mol. The van der Waals surface area contributed by atoms with E-state index in [0.29, 0.717) is 23.7 Å². The van der Waals surface area contributed by atoms with E-state index in [-0.39, 0.29) is 12.0 Å². The summed E-state index contributed by atoms with van der Waals surface area (Å²) in [6.07, 6.45) is 2.75. The normalized spacial score (nSPS) is 11.7. The van der Waals surface area contributed by atoms with Crippen molar-refractivity contribution >= 4 is 5.91 Å². The van der Waals surface area contributed by atoms with Gasteiger partial charge in [0, 0.05) is 0 Å². The minimum atomic E-state index is -0.210. The SMILES string of the molecule is COc1ccccc1O[C@H](C)CNC(=O)c1cnc[nH]1. The molecule has 0 aliphatic heterocycles. The van der Waals surface area contributed by atoms with Gasteiger partial charge in [0.25, 0.3) is 5.91 Å². The van der Waals surface area contributed by atoms with Gasteiger partial charge in [-0.2, -0.15) is 0 Å². The number of rotatable bonds is 6. The van der Waals surface area contributed by atoms with Gasteiger partial charge in [0.05, 0.1) is 26.2 Å². The first-order valence-electron chi connectivity index (χ1n) is 6.27. The van der Waals surface area contributed by atoms with E-state index in [4.69, 9.17) is 9.47 Å². The summed E-state index contributed by atoms with van der Waals surface area (Å²) < 4.78 is 10.9. The van der Waals surface area contributed by atoms with Crippen molar-refractivity contribution in [2.75, 3.05) is 13.7 Å². The van der Waals surface area contributed by atoms with Crippen molar-refractivity contribution in [2.24, 2.45) is 0 Å². The maximum absolute atomic E-state index is 11.7. The predicted molar refractivity (Wildman–Crippen MR) is 74.0 cm³/mol. The lowest BCUT2D eigenvalue weighted by molar-refractivity contribution is 0.0927. The van der Waals surface area contributed by atoms with Crippen molar-refractivity contribution in [1.29, 1.82) is 0 Å². The highest BCUT2D eigenvalue weighted by Gasteiger charge is 2.11. The molecule has 0 unspecified atom stereocenters. The molecule has 6 heteroatoms. The monoisotopic (exact) mass is 275 g/mol. The lowest BCUT2D eigenvalue weighted by Gasteiger charge is -2.17. The zero-order valence-corrected chi connectivity index (χ0v) is 11.4. The molecule has 0 saturated heterocycles. The van der Waals surface area contributed by atoms with E-state index in [1.165, 1.54) is 12.5 Å². The molecule has 0 aliphatic rings. The molecule has 0 fully saturated rings. The van der Waals surface area contributed by atoms with Crippen LogP contribution in [0.1, 0.15) is 17.4 Å². The summed E-state index contributed by atoms with van der Waals surface area (Å²) >= 11 is 0. The number of imidazole rings is 1. The lowest BCUT2D eigenvalue weighted by Crippen LogP contribution is -2.33. The molecule has 106 valence electrons. The summed E-state index contributed by atoms with van der Waals surface area (Å²) in [4.78, 5) is 18.3. The average Bonchev–Trinajstić information content (AvgIpc) is 2.99. The van der Waals surface area contributed by atoms with E-state index in [9.17, 15) is 4.79 Å². The van der Waals surface area contributed by atoms with E-state index in [1.54, 1.807) is 7.11 Å². The summed E-state index contributed by atoms with van der Waals surface area (Å²) in [6.45, 7) is 2.26. The number of aromatic nitrogens is 2. The Morgan fingerprint density at radius 2 is 2.15 bits per heavy atom. The zero-order chi connectivity index (χ0) is 14.4. The number of para-hydroxylation sites is 2. The van der Waals surface area contributed by atoms with Crippen LogP contribution in [0.4, 0.5) is 0 Å². The van der Waals surface area contributed by atoms with Crippen molar-refractivity contribution in [2.45, 2.75) is 13.0 Å². The molecule has 1 heterocycles. The number of carbonyl (C=O) groups excluding carboxylic acids is 1. The Balaban J connectivity index is 1.86. The highest BCUT2D eigenvalue weighted by molar-refractivity contribution is 5.91. The van der Waals surface area contributed by atoms with E-state index in [1.807, 2.05) is 31.2 Å². The van der Waals surface area contributed by atoms with Crippen LogP contribution in [0.25, 0.3) is 0 Å². The fraction of sp³-hybridized carbons (Fsp3) is 0.286. The Hall–Kier alpha value is -2.50. The molecule has 1 amide bonds. The minimum absolute atomic E-state index is 0.182. The first-order chi connectivity index (χ1) is 9.70. The van der Waals surface area contributed by atoms with Gasteiger partial charge in [-0.05, 0) is 19.1 Å². The number of carbonyl (C=O) groups is 1. The van der Waals surface area contributed by atoms with E-state index >= 15 is 0 Å². The topological polar surface area (TPSA) is 76.2 Å². The molecule has 2 N–H and O–H groups in total. The summed E-state index contributed by atoms with van der Waals surface area (Å²) in [7, 11) is 1.59. The van der Waals surface area contributed by atoms with E-state index in [2.05, 4.69) is 15.3 Å². The number of ether oxygens (including phenoxy) is 2. The number of nitrogens with zero attached hydrogens (tertiary/aromatic N) is 1. The van der Waals surface area contributed by atoms with E-state index in [0.717, 1.165) is 0 Å². The number of methoxy groups -OCH3 is 1. The van der Waals surface area contributed by atoms with Crippen molar-refractivity contribution in [3.05, 3.63) is 42.5 Å². The van der Waals surface area contributed by atoms with Crippen LogP contribution in [0.2, 0.25) is 0 Å². The third-order valence-electron chi connectivity index (χ3n) is 2.69. The molecule has 0 aliphatic carbocycles. The molecule has 0 bridgehead atoms. The van der Waals surface area contributed by atoms with Crippen LogP contribution in [0, 0.1) is 0 Å². The van der Waals surface area contributed by atoms with Crippen molar-refractivity contribution in [3.63, 3.8) is 0 Å². The van der Waals surface area contributed by atoms with Crippen molar-refractivity contribution in [1.82, 2.24) is 15.3 Å². The molecule has 1 aromatic heterocycles. The molecule has 20 heavy (non-hydrogen) atoms. The molecule has 1 aromatic carbocycles. The van der Waals surface area contributed by atoms with E-state index < -0.39 is 0 Å². The maximum atomic E-state index is 11.7. The smallest absolute Gasteiger partial charge is 0.269 e. The summed E-state index contributed by atoms with van der Waals surface area (Å²) in [5.41, 5.74) is 0.425. The number of nitrogens with one attached hydrogen (secondary N) is 2. The van der Waals surface area contributed by atoms with Gasteiger partial charge in [0.1, 0.15) is 11.8 Å². The predicted octanol–water partition coefficient (Wildman–Crippen LogP) is 1.62. The van der Waals surface area contributed by atoms with Gasteiger partial charge >= 0.3 is 0 Å². The molecule has 0 spiro atoms. The van der Waals surface area contributed by atoms with Crippen LogP contribution in [-0.2, 0) is 0 Å². The number of amides is 1. The van der Waals surface area contributed by atoms with Gasteiger partial charge in [0.2, 0.25) is 0 Å². The molecule has 1 atom stereocenters.